The number of fused-ring (bicyclic) bond motifs is 1. The fourth-order valence-corrected chi connectivity index (χ4v) is 4.97. The van der Waals surface area contributed by atoms with Gasteiger partial charge in [0.15, 0.2) is 0 Å². The van der Waals surface area contributed by atoms with Crippen molar-refractivity contribution >= 4 is 0 Å². The second-order valence-corrected chi connectivity index (χ2v) is 8.64. The zero-order chi connectivity index (χ0) is 17.0. The summed E-state index contributed by atoms with van der Waals surface area (Å²) in [5.41, 5.74) is 11.5. The first kappa shape index (κ1) is 18.0. The number of benzene rings is 1. The molecular formula is C23H37N. The molecule has 2 aliphatic rings. The van der Waals surface area contributed by atoms with Crippen LogP contribution in [0, 0.1) is 5.92 Å². The maximum Gasteiger partial charge on any atom is 0.0157 e. The number of hydrogen-bond donors (Lipinski definition) is 1. The molecule has 0 aliphatic heterocycles. The highest BCUT2D eigenvalue weighted by molar-refractivity contribution is 5.36. The summed E-state index contributed by atoms with van der Waals surface area (Å²) in [4.78, 5) is 0. The van der Waals surface area contributed by atoms with Crippen LogP contribution in [0.2, 0.25) is 0 Å². The molecule has 0 radical (unpaired) electrons. The molecule has 134 valence electrons. The highest BCUT2D eigenvalue weighted by Crippen LogP contribution is 2.42. The Labute approximate surface area is 149 Å². The third-order valence-electron chi connectivity index (χ3n) is 6.85. The van der Waals surface area contributed by atoms with E-state index < -0.39 is 0 Å². The summed E-state index contributed by atoms with van der Waals surface area (Å²) in [6, 6.07) is 7.41. The van der Waals surface area contributed by atoms with Crippen LogP contribution in [-0.4, -0.2) is 5.54 Å². The first-order valence-electron chi connectivity index (χ1n) is 10.5. The van der Waals surface area contributed by atoms with E-state index in [1.807, 2.05) is 0 Å². The Balaban J connectivity index is 1.58. The van der Waals surface area contributed by atoms with Crippen LogP contribution in [0.1, 0.15) is 101 Å². The smallest absolute Gasteiger partial charge is 0.0157 e. The molecule has 1 aromatic carbocycles. The van der Waals surface area contributed by atoms with Gasteiger partial charge in [0, 0.05) is 5.54 Å². The van der Waals surface area contributed by atoms with Crippen LogP contribution < -0.4 is 5.73 Å². The fraction of sp³-hybridized carbons (Fsp3) is 0.739. The lowest BCUT2D eigenvalue weighted by Gasteiger charge is -2.26. The van der Waals surface area contributed by atoms with Gasteiger partial charge < -0.3 is 5.73 Å². The summed E-state index contributed by atoms with van der Waals surface area (Å²) in [6.07, 6.45) is 15.9. The van der Waals surface area contributed by atoms with Crippen LogP contribution in [0.15, 0.2) is 18.2 Å². The summed E-state index contributed by atoms with van der Waals surface area (Å²) in [7, 11) is 0. The Bertz CT molecular complexity index is 535. The first-order chi connectivity index (χ1) is 11.6. The summed E-state index contributed by atoms with van der Waals surface area (Å²) < 4.78 is 0. The van der Waals surface area contributed by atoms with Crippen molar-refractivity contribution in [2.24, 2.45) is 11.7 Å². The molecule has 3 rings (SSSR count). The second-order valence-electron chi connectivity index (χ2n) is 8.64. The highest BCUT2D eigenvalue weighted by atomic mass is 14.8. The van der Waals surface area contributed by atoms with Gasteiger partial charge in [-0.05, 0) is 73.5 Å². The Hall–Kier alpha value is -0.820. The average molecular weight is 328 g/mol. The van der Waals surface area contributed by atoms with E-state index in [0.717, 1.165) is 12.3 Å². The van der Waals surface area contributed by atoms with Crippen molar-refractivity contribution in [3.63, 3.8) is 0 Å². The normalized spacial score (nSPS) is 29.6. The molecule has 1 heteroatoms. The van der Waals surface area contributed by atoms with E-state index >= 15 is 0 Å². The van der Waals surface area contributed by atoms with Gasteiger partial charge in [0.25, 0.3) is 0 Å². The molecule has 1 fully saturated rings. The quantitative estimate of drug-likeness (QED) is 0.598. The van der Waals surface area contributed by atoms with Gasteiger partial charge in [-0.1, -0.05) is 64.2 Å². The first-order valence-corrected chi connectivity index (χ1v) is 10.5. The summed E-state index contributed by atoms with van der Waals surface area (Å²) in [6.45, 7) is 4.55. The molecule has 0 bridgehead atoms. The monoisotopic (exact) mass is 327 g/mol. The van der Waals surface area contributed by atoms with Crippen molar-refractivity contribution < 1.29 is 0 Å². The molecule has 2 aliphatic carbocycles. The van der Waals surface area contributed by atoms with E-state index in [9.17, 15) is 0 Å². The van der Waals surface area contributed by atoms with Crippen molar-refractivity contribution in [2.45, 2.75) is 102 Å². The van der Waals surface area contributed by atoms with Crippen molar-refractivity contribution in [3.05, 3.63) is 34.9 Å². The minimum atomic E-state index is 0.101. The Morgan fingerprint density at radius 3 is 2.71 bits per heavy atom. The molecule has 1 aromatic rings. The molecule has 0 heterocycles. The maximum absolute atomic E-state index is 6.51. The van der Waals surface area contributed by atoms with Gasteiger partial charge in [-0.3, -0.25) is 0 Å². The third kappa shape index (κ3) is 4.23. The summed E-state index contributed by atoms with van der Waals surface area (Å²) >= 11 is 0. The SMILES string of the molecule is CCCCCC[C@@H]1CCc2cc(C3CC[C@](N)(CC)C3)ccc2C1. The van der Waals surface area contributed by atoms with E-state index in [-0.39, 0.29) is 5.54 Å². The van der Waals surface area contributed by atoms with Crippen molar-refractivity contribution in [1.82, 2.24) is 0 Å². The van der Waals surface area contributed by atoms with Crippen LogP contribution in [0.3, 0.4) is 0 Å². The molecular weight excluding hydrogens is 290 g/mol. The van der Waals surface area contributed by atoms with Crippen LogP contribution in [0.25, 0.3) is 0 Å². The number of aryl methyl sites for hydroxylation is 1. The molecule has 0 aromatic heterocycles. The maximum atomic E-state index is 6.51. The standard InChI is InChI=1S/C23H37N/c1-3-5-6-7-8-18-9-10-20-16-21(12-11-19(20)15-18)22-13-14-23(24,4-2)17-22/h11-12,16,18,22H,3-10,13-15,17,24H2,1-2H3/t18-,22?,23-/m1/s1. The zero-order valence-corrected chi connectivity index (χ0v) is 15.9. The van der Waals surface area contributed by atoms with Gasteiger partial charge >= 0.3 is 0 Å². The van der Waals surface area contributed by atoms with E-state index in [1.54, 1.807) is 16.7 Å². The Morgan fingerprint density at radius 2 is 1.96 bits per heavy atom. The van der Waals surface area contributed by atoms with Gasteiger partial charge in [-0.2, -0.15) is 0 Å². The molecule has 0 amide bonds. The molecule has 0 spiro atoms. The second kappa shape index (κ2) is 8.04. The lowest BCUT2D eigenvalue weighted by atomic mass is 9.79. The van der Waals surface area contributed by atoms with Crippen molar-refractivity contribution in [3.8, 4) is 0 Å². The molecule has 1 saturated carbocycles. The van der Waals surface area contributed by atoms with Gasteiger partial charge in [-0.25, -0.2) is 0 Å². The van der Waals surface area contributed by atoms with Crippen molar-refractivity contribution in [2.75, 3.05) is 0 Å². The van der Waals surface area contributed by atoms with Gasteiger partial charge in [-0.15, -0.1) is 0 Å². The van der Waals surface area contributed by atoms with Crippen molar-refractivity contribution in [1.29, 1.82) is 0 Å². The van der Waals surface area contributed by atoms with Gasteiger partial charge in [0.2, 0.25) is 0 Å². The van der Waals surface area contributed by atoms with E-state index in [4.69, 9.17) is 5.73 Å². The number of hydrogen-bond acceptors (Lipinski definition) is 1. The summed E-state index contributed by atoms with van der Waals surface area (Å²) in [5, 5.41) is 0. The topological polar surface area (TPSA) is 26.0 Å². The predicted octanol–water partition coefficient (Wildman–Crippen LogP) is 6.14. The van der Waals surface area contributed by atoms with Crippen LogP contribution in [0.4, 0.5) is 0 Å². The van der Waals surface area contributed by atoms with Gasteiger partial charge in [0.05, 0.1) is 0 Å². The Morgan fingerprint density at radius 1 is 1.08 bits per heavy atom. The third-order valence-corrected chi connectivity index (χ3v) is 6.85. The van der Waals surface area contributed by atoms with E-state index in [2.05, 4.69) is 32.0 Å². The minimum Gasteiger partial charge on any atom is -0.325 e. The number of rotatable bonds is 7. The molecule has 24 heavy (non-hydrogen) atoms. The zero-order valence-electron chi connectivity index (χ0n) is 15.9. The molecule has 1 unspecified atom stereocenters. The predicted molar refractivity (Wildman–Crippen MR) is 105 cm³/mol. The fourth-order valence-electron chi connectivity index (χ4n) is 4.97. The molecule has 2 N–H and O–H groups in total. The number of nitrogens with two attached hydrogens (primary N) is 1. The molecule has 0 saturated heterocycles. The minimum absolute atomic E-state index is 0.101. The van der Waals surface area contributed by atoms with Crippen LogP contribution >= 0.6 is 0 Å². The molecule has 3 atom stereocenters. The van der Waals surface area contributed by atoms with E-state index in [1.165, 1.54) is 70.6 Å². The summed E-state index contributed by atoms with van der Waals surface area (Å²) in [5.74, 6) is 1.63. The number of unbranched alkanes of at least 4 members (excludes halogenated alkanes) is 3. The van der Waals surface area contributed by atoms with Crippen LogP contribution in [0.5, 0.6) is 0 Å². The lowest BCUT2D eigenvalue weighted by molar-refractivity contribution is 0.405. The van der Waals surface area contributed by atoms with Crippen LogP contribution in [-0.2, 0) is 12.8 Å². The molecule has 1 nitrogen and oxygen atoms in total. The largest absolute Gasteiger partial charge is 0.325 e. The van der Waals surface area contributed by atoms with E-state index in [0.29, 0.717) is 5.92 Å². The Kier molecular flexibility index (Phi) is 6.02. The lowest BCUT2D eigenvalue weighted by Crippen LogP contribution is -2.35. The van der Waals surface area contributed by atoms with Gasteiger partial charge in [0.1, 0.15) is 0 Å². The highest BCUT2D eigenvalue weighted by Gasteiger charge is 2.35. The average Bonchev–Trinajstić information content (AvgIpc) is 3.01.